The highest BCUT2D eigenvalue weighted by molar-refractivity contribution is 5.81. The van der Waals surface area contributed by atoms with Crippen molar-refractivity contribution in [1.29, 1.82) is 0 Å². The first-order valence-corrected chi connectivity index (χ1v) is 9.46. The van der Waals surface area contributed by atoms with E-state index in [4.69, 9.17) is 14.0 Å². The summed E-state index contributed by atoms with van der Waals surface area (Å²) in [4.78, 5) is 18.8. The number of amides is 1. The molecule has 0 saturated carbocycles. The number of carbonyl (C=O) groups is 1. The van der Waals surface area contributed by atoms with Crippen molar-refractivity contribution >= 4 is 5.91 Å². The Kier molecular flexibility index (Phi) is 6.49. The van der Waals surface area contributed by atoms with E-state index in [0.29, 0.717) is 29.6 Å². The van der Waals surface area contributed by atoms with Gasteiger partial charge in [0.25, 0.3) is 5.91 Å². The van der Waals surface area contributed by atoms with Crippen molar-refractivity contribution in [2.75, 3.05) is 14.2 Å². The normalized spacial score (nSPS) is 11.7. The van der Waals surface area contributed by atoms with Crippen molar-refractivity contribution in [3.63, 3.8) is 0 Å². The fourth-order valence-electron chi connectivity index (χ4n) is 2.84. The van der Waals surface area contributed by atoms with Crippen LogP contribution in [-0.4, -0.2) is 41.2 Å². The fraction of sp³-hybridized carbons (Fsp3) is 0.318. The smallest absolute Gasteiger partial charge is 0.263 e. The molecule has 1 aromatic heterocycles. The van der Waals surface area contributed by atoms with Crippen LogP contribution in [0.1, 0.15) is 24.8 Å². The van der Waals surface area contributed by atoms with Crippen molar-refractivity contribution < 1.29 is 18.8 Å². The van der Waals surface area contributed by atoms with E-state index < -0.39 is 6.10 Å². The molecule has 7 nitrogen and oxygen atoms in total. The molecule has 3 aromatic rings. The summed E-state index contributed by atoms with van der Waals surface area (Å²) >= 11 is 0. The predicted octanol–water partition coefficient (Wildman–Crippen LogP) is 3.87. The van der Waals surface area contributed by atoms with Crippen LogP contribution in [0, 0.1) is 6.92 Å². The number of aromatic nitrogens is 2. The summed E-state index contributed by atoms with van der Waals surface area (Å²) in [6.07, 6.45) is -0.129. The van der Waals surface area contributed by atoms with E-state index in [2.05, 4.69) is 10.1 Å². The molecule has 0 fully saturated rings. The SMILES string of the molecule is CC[C@H](Oc1ccccc1OC)C(=O)N(C)Cc1nc(-c2ccc(C)cc2)no1. The van der Waals surface area contributed by atoms with E-state index in [-0.39, 0.29) is 12.5 Å². The van der Waals surface area contributed by atoms with Crippen molar-refractivity contribution in [1.82, 2.24) is 15.0 Å². The first-order valence-electron chi connectivity index (χ1n) is 9.46. The van der Waals surface area contributed by atoms with Gasteiger partial charge >= 0.3 is 0 Å². The van der Waals surface area contributed by atoms with Crippen LogP contribution in [0.3, 0.4) is 0 Å². The van der Waals surface area contributed by atoms with Gasteiger partial charge in [0.15, 0.2) is 17.6 Å². The number of likely N-dealkylation sites (N-methyl/N-ethyl adjacent to an activating group) is 1. The van der Waals surface area contributed by atoms with Gasteiger partial charge in [-0.3, -0.25) is 4.79 Å². The van der Waals surface area contributed by atoms with E-state index >= 15 is 0 Å². The molecule has 3 rings (SSSR count). The van der Waals surface area contributed by atoms with Crippen LogP contribution in [0.15, 0.2) is 53.1 Å². The van der Waals surface area contributed by atoms with Crippen LogP contribution < -0.4 is 9.47 Å². The number of carbonyl (C=O) groups excluding carboxylic acids is 1. The van der Waals surface area contributed by atoms with Gasteiger partial charge in [-0.05, 0) is 25.5 Å². The van der Waals surface area contributed by atoms with Gasteiger partial charge < -0.3 is 18.9 Å². The van der Waals surface area contributed by atoms with Gasteiger partial charge in [0.1, 0.15) is 0 Å². The summed E-state index contributed by atoms with van der Waals surface area (Å²) in [5.41, 5.74) is 2.02. The highest BCUT2D eigenvalue weighted by Crippen LogP contribution is 2.27. The summed E-state index contributed by atoms with van der Waals surface area (Å²) in [6, 6.07) is 15.1. The zero-order valence-electron chi connectivity index (χ0n) is 17.1. The van der Waals surface area contributed by atoms with Gasteiger partial charge in [-0.1, -0.05) is 54.0 Å². The Hall–Kier alpha value is -3.35. The third-order valence-electron chi connectivity index (χ3n) is 4.51. The summed E-state index contributed by atoms with van der Waals surface area (Å²) in [5, 5.41) is 4.01. The molecule has 1 atom stereocenters. The minimum Gasteiger partial charge on any atom is -0.493 e. The molecule has 0 radical (unpaired) electrons. The molecule has 0 N–H and O–H groups in total. The summed E-state index contributed by atoms with van der Waals surface area (Å²) in [6.45, 7) is 4.11. The Labute approximate surface area is 170 Å². The minimum atomic E-state index is -0.643. The Balaban J connectivity index is 1.67. The van der Waals surface area contributed by atoms with Crippen LogP contribution >= 0.6 is 0 Å². The average molecular weight is 395 g/mol. The van der Waals surface area contributed by atoms with Crippen LogP contribution in [0.25, 0.3) is 11.4 Å². The fourth-order valence-corrected chi connectivity index (χ4v) is 2.84. The van der Waals surface area contributed by atoms with Crippen LogP contribution in [0.4, 0.5) is 0 Å². The van der Waals surface area contributed by atoms with Gasteiger partial charge in [-0.15, -0.1) is 0 Å². The second-order valence-electron chi connectivity index (χ2n) is 6.74. The second kappa shape index (κ2) is 9.23. The van der Waals surface area contributed by atoms with E-state index in [1.165, 1.54) is 4.90 Å². The van der Waals surface area contributed by atoms with Gasteiger partial charge in [0.05, 0.1) is 13.7 Å². The Bertz CT molecular complexity index is 953. The summed E-state index contributed by atoms with van der Waals surface area (Å²) < 4.78 is 16.5. The number of methoxy groups -OCH3 is 1. The Morgan fingerprint density at radius 3 is 2.48 bits per heavy atom. The van der Waals surface area contributed by atoms with Crippen molar-refractivity contribution in [3.8, 4) is 22.9 Å². The first kappa shape index (κ1) is 20.4. The molecular formula is C22H25N3O4. The molecule has 0 spiro atoms. The maximum absolute atomic E-state index is 12.9. The molecule has 0 saturated heterocycles. The molecule has 7 heteroatoms. The minimum absolute atomic E-state index is 0.173. The lowest BCUT2D eigenvalue weighted by Gasteiger charge is -2.23. The Morgan fingerprint density at radius 1 is 1.14 bits per heavy atom. The van der Waals surface area contributed by atoms with E-state index in [1.54, 1.807) is 26.3 Å². The molecule has 0 bridgehead atoms. The third-order valence-corrected chi connectivity index (χ3v) is 4.51. The number of hydrogen-bond donors (Lipinski definition) is 0. The Morgan fingerprint density at radius 2 is 1.83 bits per heavy atom. The number of para-hydroxylation sites is 2. The maximum Gasteiger partial charge on any atom is 0.263 e. The molecule has 0 aliphatic carbocycles. The van der Waals surface area contributed by atoms with E-state index in [1.807, 2.05) is 50.2 Å². The molecule has 29 heavy (non-hydrogen) atoms. The lowest BCUT2D eigenvalue weighted by Crippen LogP contribution is -2.39. The zero-order valence-corrected chi connectivity index (χ0v) is 17.1. The number of nitrogens with zero attached hydrogens (tertiary/aromatic N) is 3. The van der Waals surface area contributed by atoms with Crippen LogP contribution in [0.5, 0.6) is 11.5 Å². The van der Waals surface area contributed by atoms with E-state index in [9.17, 15) is 4.79 Å². The largest absolute Gasteiger partial charge is 0.493 e. The summed E-state index contributed by atoms with van der Waals surface area (Å²) in [7, 11) is 3.25. The second-order valence-corrected chi connectivity index (χ2v) is 6.74. The van der Waals surface area contributed by atoms with Crippen molar-refractivity contribution in [2.24, 2.45) is 0 Å². The van der Waals surface area contributed by atoms with E-state index in [0.717, 1.165) is 11.1 Å². The zero-order chi connectivity index (χ0) is 20.8. The molecule has 0 aliphatic rings. The molecule has 1 heterocycles. The number of aryl methyl sites for hydroxylation is 1. The van der Waals surface area contributed by atoms with Gasteiger partial charge in [0.2, 0.25) is 11.7 Å². The van der Waals surface area contributed by atoms with Crippen LogP contribution in [0.2, 0.25) is 0 Å². The molecular weight excluding hydrogens is 370 g/mol. The van der Waals surface area contributed by atoms with Crippen molar-refractivity contribution in [2.45, 2.75) is 32.9 Å². The monoisotopic (exact) mass is 395 g/mol. The highest BCUT2D eigenvalue weighted by Gasteiger charge is 2.25. The number of benzene rings is 2. The lowest BCUT2D eigenvalue weighted by atomic mass is 10.1. The number of ether oxygens (including phenoxy) is 2. The maximum atomic E-state index is 12.9. The van der Waals surface area contributed by atoms with Crippen molar-refractivity contribution in [3.05, 3.63) is 60.0 Å². The van der Waals surface area contributed by atoms with Crippen LogP contribution in [-0.2, 0) is 11.3 Å². The van der Waals surface area contributed by atoms with Gasteiger partial charge in [-0.25, -0.2) is 0 Å². The first-order chi connectivity index (χ1) is 14.0. The molecule has 1 amide bonds. The molecule has 152 valence electrons. The highest BCUT2D eigenvalue weighted by atomic mass is 16.5. The number of hydrogen-bond acceptors (Lipinski definition) is 6. The average Bonchev–Trinajstić information content (AvgIpc) is 3.20. The molecule has 0 aliphatic heterocycles. The lowest BCUT2D eigenvalue weighted by molar-refractivity contribution is -0.138. The topological polar surface area (TPSA) is 77.7 Å². The molecule has 0 unspecified atom stereocenters. The summed E-state index contributed by atoms with van der Waals surface area (Å²) in [5.74, 6) is 1.80. The quantitative estimate of drug-likeness (QED) is 0.576. The number of rotatable bonds is 8. The van der Waals surface area contributed by atoms with Gasteiger partial charge in [-0.2, -0.15) is 4.98 Å². The standard InChI is InChI=1S/C22H25N3O4/c1-5-17(28-19-9-7-6-8-18(19)27-4)22(26)25(3)14-20-23-21(24-29-20)16-12-10-15(2)11-13-16/h6-13,17H,5,14H2,1-4H3/t17-/m0/s1. The molecule has 2 aromatic carbocycles. The third kappa shape index (κ3) is 4.93. The van der Waals surface area contributed by atoms with Gasteiger partial charge in [0, 0.05) is 12.6 Å². The predicted molar refractivity (Wildman–Crippen MR) is 109 cm³/mol.